The van der Waals surface area contributed by atoms with E-state index >= 15 is 0 Å². The number of methoxy groups -OCH3 is 2. The van der Waals surface area contributed by atoms with E-state index in [2.05, 4.69) is 21.7 Å². The van der Waals surface area contributed by atoms with Crippen LogP contribution < -0.4 is 20.1 Å². The second-order valence-corrected chi connectivity index (χ2v) is 13.0. The third-order valence-corrected chi connectivity index (χ3v) is 9.99. The first-order chi connectivity index (χ1) is 22.8. The maximum atomic E-state index is 13.3. The number of likely N-dealkylation sites (tertiary alicyclic amines) is 1. The number of carbonyl (C=O) groups excluding carboxylic acids is 1. The van der Waals surface area contributed by atoms with Gasteiger partial charge in [0.05, 0.1) is 41.8 Å². The lowest BCUT2D eigenvalue weighted by molar-refractivity contribution is -0.119. The number of nitrogens with one attached hydrogen (secondary N) is 2. The highest BCUT2D eigenvalue weighted by Crippen LogP contribution is 2.44. The Bertz CT molecular complexity index is 1840. The van der Waals surface area contributed by atoms with Gasteiger partial charge in [-0.05, 0) is 30.9 Å². The van der Waals surface area contributed by atoms with Crippen LogP contribution in [0.3, 0.4) is 0 Å². The van der Waals surface area contributed by atoms with Crippen molar-refractivity contribution in [2.24, 2.45) is 0 Å². The molecule has 0 bridgehead atoms. The molecule has 1 aliphatic carbocycles. The highest BCUT2D eigenvalue weighted by molar-refractivity contribution is 6.39. The third-order valence-electron chi connectivity index (χ3n) is 9.18. The van der Waals surface area contributed by atoms with E-state index in [1.807, 2.05) is 41.3 Å². The lowest BCUT2D eigenvalue weighted by atomic mass is 9.97. The van der Waals surface area contributed by atoms with Gasteiger partial charge in [0.1, 0.15) is 11.9 Å². The Morgan fingerprint density at radius 3 is 2.23 bits per heavy atom. The molecule has 2 fully saturated rings. The molecular weight excluding hydrogens is 642 g/mol. The minimum Gasteiger partial charge on any atom is -0.481 e. The number of hydrogen-bond acceptors (Lipinski definition) is 8. The predicted octanol–water partition coefficient (Wildman–Crippen LogP) is 6.21. The van der Waals surface area contributed by atoms with E-state index in [0.717, 1.165) is 52.8 Å². The lowest BCUT2D eigenvalue weighted by Crippen LogP contribution is -2.47. The number of alkyl halides is 1. The monoisotopic (exact) mass is 676 g/mol. The Hall–Kier alpha value is -3.83. The zero-order valence-electron chi connectivity index (χ0n) is 26.2. The average Bonchev–Trinajstić information content (AvgIpc) is 3.68. The molecule has 2 aliphatic heterocycles. The zero-order chi connectivity index (χ0) is 32.7. The number of ether oxygens (including phenoxy) is 2. The van der Waals surface area contributed by atoms with Crippen molar-refractivity contribution < 1.29 is 18.7 Å². The van der Waals surface area contributed by atoms with Crippen molar-refractivity contribution in [1.82, 2.24) is 30.5 Å². The molecule has 12 heteroatoms. The van der Waals surface area contributed by atoms with Crippen LogP contribution >= 0.6 is 23.2 Å². The molecule has 2 aromatic carbocycles. The highest BCUT2D eigenvalue weighted by atomic mass is 35.5. The Labute approximate surface area is 282 Å². The van der Waals surface area contributed by atoms with E-state index in [1.165, 1.54) is 0 Å². The smallest absolute Gasteiger partial charge is 0.237 e. The van der Waals surface area contributed by atoms with Crippen molar-refractivity contribution in [3.8, 4) is 45.4 Å². The molecule has 3 aliphatic rings. The van der Waals surface area contributed by atoms with Gasteiger partial charge in [-0.3, -0.25) is 14.7 Å². The number of benzene rings is 2. The Kier molecular flexibility index (Phi) is 9.02. The summed E-state index contributed by atoms with van der Waals surface area (Å²) in [5, 5.41) is 7.64. The summed E-state index contributed by atoms with van der Waals surface area (Å²) < 4.78 is 24.7. The van der Waals surface area contributed by atoms with Crippen molar-refractivity contribution in [3.63, 3.8) is 0 Å². The topological polar surface area (TPSA) is 102 Å². The van der Waals surface area contributed by atoms with E-state index in [9.17, 15) is 9.18 Å². The molecule has 244 valence electrons. The van der Waals surface area contributed by atoms with E-state index in [1.54, 1.807) is 20.4 Å². The van der Waals surface area contributed by atoms with Gasteiger partial charge in [-0.25, -0.2) is 14.4 Å². The normalized spacial score (nSPS) is 19.4. The van der Waals surface area contributed by atoms with E-state index in [0.29, 0.717) is 71.4 Å². The molecule has 0 unspecified atom stereocenters. The minimum absolute atomic E-state index is 0.0939. The number of fused-ring (bicyclic) bond motifs is 1. The van der Waals surface area contributed by atoms with Gasteiger partial charge < -0.3 is 20.1 Å². The van der Waals surface area contributed by atoms with Gasteiger partial charge in [0, 0.05) is 72.5 Å². The minimum atomic E-state index is -0.797. The molecular formula is C35H35Cl2FN6O3. The van der Waals surface area contributed by atoms with E-state index in [4.69, 9.17) is 42.6 Å². The van der Waals surface area contributed by atoms with Gasteiger partial charge in [0.15, 0.2) is 0 Å². The number of amides is 1. The van der Waals surface area contributed by atoms with Crippen LogP contribution in [0.25, 0.3) is 33.6 Å². The summed E-state index contributed by atoms with van der Waals surface area (Å²) in [6.07, 6.45) is 4.08. The first-order valence-corrected chi connectivity index (χ1v) is 16.5. The van der Waals surface area contributed by atoms with Gasteiger partial charge in [-0.1, -0.05) is 59.6 Å². The van der Waals surface area contributed by atoms with Crippen molar-refractivity contribution >= 4 is 29.1 Å². The number of halogens is 3. The van der Waals surface area contributed by atoms with Crippen LogP contribution in [0.4, 0.5) is 4.39 Å². The number of hydrogen-bond donors (Lipinski definition) is 2. The van der Waals surface area contributed by atoms with Crippen LogP contribution in [0.15, 0.2) is 48.7 Å². The molecule has 7 rings (SSSR count). The first kappa shape index (κ1) is 31.8. The summed E-state index contributed by atoms with van der Waals surface area (Å²) in [5.74, 6) is 1.06. The number of aromatic nitrogens is 3. The quantitative estimate of drug-likeness (QED) is 0.205. The van der Waals surface area contributed by atoms with Crippen LogP contribution in [0.2, 0.25) is 10.0 Å². The molecule has 1 amide bonds. The van der Waals surface area contributed by atoms with Gasteiger partial charge in [0.25, 0.3) is 0 Å². The fourth-order valence-electron chi connectivity index (χ4n) is 6.74. The van der Waals surface area contributed by atoms with Gasteiger partial charge in [-0.2, -0.15) is 0 Å². The number of carbonyl (C=O) groups is 1. The Balaban J connectivity index is 1.17. The first-order valence-electron chi connectivity index (χ1n) is 15.8. The second-order valence-electron chi connectivity index (χ2n) is 12.2. The zero-order valence-corrected chi connectivity index (χ0v) is 27.7. The van der Waals surface area contributed by atoms with Crippen LogP contribution in [0.5, 0.6) is 11.8 Å². The largest absolute Gasteiger partial charge is 0.481 e. The van der Waals surface area contributed by atoms with Gasteiger partial charge in [-0.15, -0.1) is 0 Å². The van der Waals surface area contributed by atoms with Crippen LogP contribution in [0.1, 0.15) is 42.1 Å². The Morgan fingerprint density at radius 2 is 1.60 bits per heavy atom. The second kappa shape index (κ2) is 13.4. The summed E-state index contributed by atoms with van der Waals surface area (Å²) in [6.45, 7) is 1.94. The maximum Gasteiger partial charge on any atom is 0.237 e. The molecule has 4 heterocycles. The fourth-order valence-corrected chi connectivity index (χ4v) is 7.39. The van der Waals surface area contributed by atoms with Gasteiger partial charge in [0.2, 0.25) is 17.7 Å². The maximum absolute atomic E-state index is 13.3. The number of rotatable bonds is 10. The van der Waals surface area contributed by atoms with E-state index < -0.39 is 6.17 Å². The molecule has 0 saturated carbocycles. The van der Waals surface area contributed by atoms with Crippen LogP contribution in [-0.2, 0) is 17.8 Å². The Morgan fingerprint density at radius 1 is 0.936 bits per heavy atom. The summed E-state index contributed by atoms with van der Waals surface area (Å²) in [6, 6.07) is 13.9. The molecule has 2 N–H and O–H groups in total. The van der Waals surface area contributed by atoms with E-state index in [-0.39, 0.29) is 18.0 Å². The average molecular weight is 678 g/mol. The van der Waals surface area contributed by atoms with Gasteiger partial charge >= 0.3 is 0 Å². The van der Waals surface area contributed by atoms with Crippen LogP contribution in [-0.4, -0.2) is 71.8 Å². The molecule has 4 aromatic rings. The summed E-state index contributed by atoms with van der Waals surface area (Å²) in [4.78, 5) is 27.8. The lowest BCUT2D eigenvalue weighted by Gasteiger charge is -2.33. The SMILES string of the molecule is COc1nc(-c2cccc(-c3cccc(-c4cc5c(c(OC)n4)[C@@H](NC[C@@H]4CCC(=O)N4)CC5)c3Cl)c2Cl)cnc1CN1CC(F)C1. The fraction of sp³-hybridized carbons (Fsp3) is 0.371. The molecule has 9 nitrogen and oxygen atoms in total. The van der Waals surface area contributed by atoms with Crippen molar-refractivity contribution in [3.05, 3.63) is 75.5 Å². The van der Waals surface area contributed by atoms with Crippen LogP contribution in [0, 0.1) is 0 Å². The standard InChI is InChI=1S/C35H35Cl2FN6O3/c1-46-34-29(18-44-16-20(38)17-44)40-15-28(43-34)25-8-4-6-23(33(25)37)22-5-3-7-24(32(22)36)27-13-19-9-11-26(31(19)35(42-27)47-2)39-14-21-10-12-30(45)41-21/h3-8,13,15,20-21,26,39H,9-12,14,16-18H2,1-2H3,(H,41,45)/t21-,26-/m0/s1. The summed E-state index contributed by atoms with van der Waals surface area (Å²) in [5.41, 5.74) is 7.09. The number of pyridine rings is 1. The molecule has 2 aromatic heterocycles. The summed E-state index contributed by atoms with van der Waals surface area (Å²) >= 11 is 14.2. The molecule has 0 spiro atoms. The highest BCUT2D eigenvalue weighted by Gasteiger charge is 2.31. The summed E-state index contributed by atoms with van der Waals surface area (Å²) in [7, 11) is 3.18. The van der Waals surface area contributed by atoms with Crippen molar-refractivity contribution in [1.29, 1.82) is 0 Å². The molecule has 2 saturated heterocycles. The number of aryl methyl sites for hydroxylation is 1. The molecule has 0 radical (unpaired) electrons. The molecule has 2 atom stereocenters. The predicted molar refractivity (Wildman–Crippen MR) is 180 cm³/mol. The third kappa shape index (κ3) is 6.27. The number of nitrogens with zero attached hydrogens (tertiary/aromatic N) is 4. The van der Waals surface area contributed by atoms with Crippen molar-refractivity contribution in [2.75, 3.05) is 33.9 Å². The molecule has 47 heavy (non-hydrogen) atoms. The van der Waals surface area contributed by atoms with Crippen molar-refractivity contribution in [2.45, 2.75) is 50.5 Å².